The van der Waals surface area contributed by atoms with E-state index < -0.39 is 0 Å². The van der Waals surface area contributed by atoms with Crippen LogP contribution < -0.4 is 0 Å². The minimum Gasteiger partial charge on any atom is -0.290 e. The second kappa shape index (κ2) is 11.2. The molecule has 0 atom stereocenters. The maximum absolute atomic E-state index is 11.1. The number of hydrogen-bond acceptors (Lipinski definition) is 1. The number of carbonyl (C=O) groups is 1. The number of ketones is 1. The van der Waals surface area contributed by atoms with Crippen molar-refractivity contribution in [1.29, 1.82) is 0 Å². The fraction of sp³-hybridized carbons (Fsp3) is 0.471. The molecule has 0 saturated carbocycles. The summed E-state index contributed by atoms with van der Waals surface area (Å²) in [6.45, 7) is 9.82. The predicted molar refractivity (Wildman–Crippen MR) is 93.8 cm³/mol. The molecule has 0 saturated heterocycles. The first kappa shape index (κ1) is 18.4. The van der Waals surface area contributed by atoms with Crippen LogP contribution in [0.5, 0.6) is 0 Å². The van der Waals surface area contributed by atoms with Crippen LogP contribution in [0.1, 0.15) is 46.5 Å². The molecule has 0 amide bonds. The van der Waals surface area contributed by atoms with Gasteiger partial charge in [0.1, 0.15) is 0 Å². The van der Waals surface area contributed by atoms with E-state index >= 15 is 0 Å². The zero-order chi connectivity index (χ0) is 14.7. The lowest BCUT2D eigenvalue weighted by Crippen LogP contribution is -1.87. The average molecular weight is 372 g/mol. The molecular weight excluding hydrogens is 347 g/mol. The Morgan fingerprint density at radius 3 is 2.05 bits per heavy atom. The highest BCUT2D eigenvalue weighted by atomic mass is 127. The van der Waals surface area contributed by atoms with Gasteiger partial charge in [0, 0.05) is 4.43 Å². The molecule has 0 spiro atoms. The van der Waals surface area contributed by atoms with E-state index in [1.807, 2.05) is 6.92 Å². The second-order valence-corrected chi connectivity index (χ2v) is 5.67. The SMILES string of the molecule is C=CC(=O)/C=C(\C)CC/C=C(\C)CC/C=C(\C)CI. The van der Waals surface area contributed by atoms with Gasteiger partial charge >= 0.3 is 0 Å². The van der Waals surface area contributed by atoms with Crippen LogP contribution in [0.2, 0.25) is 0 Å². The summed E-state index contributed by atoms with van der Waals surface area (Å²) in [6, 6.07) is 0. The summed E-state index contributed by atoms with van der Waals surface area (Å²) in [4.78, 5) is 11.1. The molecule has 0 fully saturated rings. The van der Waals surface area contributed by atoms with Gasteiger partial charge in [0.2, 0.25) is 0 Å². The molecule has 1 nitrogen and oxygen atoms in total. The van der Waals surface area contributed by atoms with Gasteiger partial charge < -0.3 is 0 Å². The van der Waals surface area contributed by atoms with E-state index in [2.05, 4.69) is 55.2 Å². The Morgan fingerprint density at radius 1 is 1.00 bits per heavy atom. The summed E-state index contributed by atoms with van der Waals surface area (Å²) in [5.41, 5.74) is 4.00. The van der Waals surface area contributed by atoms with Crippen LogP contribution >= 0.6 is 22.6 Å². The van der Waals surface area contributed by atoms with Crippen LogP contribution in [0.25, 0.3) is 0 Å². The van der Waals surface area contributed by atoms with Crippen LogP contribution in [0.3, 0.4) is 0 Å². The monoisotopic (exact) mass is 372 g/mol. The summed E-state index contributed by atoms with van der Waals surface area (Å²) in [5.74, 6) is -0.00221. The normalized spacial score (nSPS) is 13.6. The molecule has 0 aromatic carbocycles. The number of hydrogen-bond donors (Lipinski definition) is 0. The Balaban J connectivity index is 4.03. The van der Waals surface area contributed by atoms with Gasteiger partial charge in [-0.1, -0.05) is 58.0 Å². The summed E-state index contributed by atoms with van der Waals surface area (Å²) in [5, 5.41) is 0. The molecule has 0 aliphatic carbocycles. The predicted octanol–water partition coefficient (Wildman–Crippen LogP) is 5.58. The highest BCUT2D eigenvalue weighted by Crippen LogP contribution is 2.12. The molecule has 0 aliphatic rings. The fourth-order valence-corrected chi connectivity index (χ4v) is 1.93. The first-order valence-electron chi connectivity index (χ1n) is 6.70. The molecule has 2 heteroatoms. The van der Waals surface area contributed by atoms with Gasteiger partial charge in [0.15, 0.2) is 5.78 Å². The first-order chi connectivity index (χ1) is 8.99. The third kappa shape index (κ3) is 10.9. The minimum atomic E-state index is -0.00221. The topological polar surface area (TPSA) is 17.1 Å². The van der Waals surface area contributed by atoms with Gasteiger partial charge in [0.25, 0.3) is 0 Å². The van der Waals surface area contributed by atoms with Crippen molar-refractivity contribution >= 4 is 28.4 Å². The van der Waals surface area contributed by atoms with E-state index in [1.165, 1.54) is 17.2 Å². The Morgan fingerprint density at radius 2 is 1.53 bits per heavy atom. The van der Waals surface area contributed by atoms with E-state index in [1.54, 1.807) is 6.08 Å². The smallest absolute Gasteiger partial charge is 0.177 e. The molecule has 19 heavy (non-hydrogen) atoms. The third-order valence-electron chi connectivity index (χ3n) is 2.86. The standard InChI is InChI=1S/C17H25IO/c1-5-17(19)12-15(3)10-6-8-14(2)9-7-11-16(4)13-18/h5,8,11-12H,1,6-7,9-10,13H2,2-4H3/b14-8+,15-12+,16-11+. The van der Waals surface area contributed by atoms with Crippen molar-refractivity contribution in [3.63, 3.8) is 0 Å². The van der Waals surface area contributed by atoms with E-state index in [-0.39, 0.29) is 5.78 Å². The average Bonchev–Trinajstić information content (AvgIpc) is 2.38. The van der Waals surface area contributed by atoms with Crippen molar-refractivity contribution < 1.29 is 4.79 Å². The van der Waals surface area contributed by atoms with Crippen LogP contribution in [-0.2, 0) is 4.79 Å². The summed E-state index contributed by atoms with van der Waals surface area (Å²) in [7, 11) is 0. The lowest BCUT2D eigenvalue weighted by atomic mass is 10.1. The molecule has 0 unspecified atom stereocenters. The van der Waals surface area contributed by atoms with Gasteiger partial charge in [-0.2, -0.15) is 0 Å². The fourth-order valence-electron chi connectivity index (χ4n) is 1.62. The lowest BCUT2D eigenvalue weighted by Gasteiger charge is -2.01. The largest absolute Gasteiger partial charge is 0.290 e. The lowest BCUT2D eigenvalue weighted by molar-refractivity contribution is -0.110. The van der Waals surface area contributed by atoms with Gasteiger partial charge in [-0.25, -0.2) is 0 Å². The molecule has 0 N–H and O–H groups in total. The quantitative estimate of drug-likeness (QED) is 0.224. The van der Waals surface area contributed by atoms with E-state index in [0.29, 0.717) is 0 Å². The Hall–Kier alpha value is -0.640. The number of rotatable bonds is 9. The first-order valence-corrected chi connectivity index (χ1v) is 8.23. The zero-order valence-corrected chi connectivity index (χ0v) is 14.5. The molecule has 0 bridgehead atoms. The minimum absolute atomic E-state index is 0.00221. The Labute approximate surface area is 131 Å². The van der Waals surface area contributed by atoms with E-state index in [0.717, 1.165) is 35.7 Å². The molecule has 0 aromatic heterocycles. The van der Waals surface area contributed by atoms with Gasteiger partial charge in [0.05, 0.1) is 0 Å². The summed E-state index contributed by atoms with van der Waals surface area (Å²) < 4.78 is 1.11. The van der Waals surface area contributed by atoms with Crippen molar-refractivity contribution in [2.75, 3.05) is 4.43 Å². The van der Waals surface area contributed by atoms with Crippen LogP contribution in [-0.4, -0.2) is 10.2 Å². The van der Waals surface area contributed by atoms with Crippen molar-refractivity contribution in [2.45, 2.75) is 46.5 Å². The van der Waals surface area contributed by atoms with Crippen LogP contribution in [0.4, 0.5) is 0 Å². The number of allylic oxidation sites excluding steroid dienone is 7. The molecule has 0 rings (SSSR count). The number of alkyl halides is 1. The van der Waals surface area contributed by atoms with Crippen LogP contribution in [0, 0.1) is 0 Å². The van der Waals surface area contributed by atoms with Gasteiger partial charge in [-0.15, -0.1) is 0 Å². The summed E-state index contributed by atoms with van der Waals surface area (Å²) in [6.07, 6.45) is 11.8. The Bertz CT molecular complexity index is 386. The maximum Gasteiger partial charge on any atom is 0.177 e. The molecule has 106 valence electrons. The highest BCUT2D eigenvalue weighted by molar-refractivity contribution is 14.1. The highest BCUT2D eigenvalue weighted by Gasteiger charge is 1.94. The molecule has 0 aliphatic heterocycles. The van der Waals surface area contributed by atoms with E-state index in [9.17, 15) is 4.79 Å². The Kier molecular flexibility index (Phi) is 10.8. The van der Waals surface area contributed by atoms with Crippen molar-refractivity contribution in [1.82, 2.24) is 0 Å². The number of halogens is 1. The maximum atomic E-state index is 11.1. The van der Waals surface area contributed by atoms with Gasteiger partial charge in [-0.05, 0) is 58.6 Å². The van der Waals surface area contributed by atoms with Crippen molar-refractivity contribution in [3.8, 4) is 0 Å². The second-order valence-electron chi connectivity index (χ2n) is 4.91. The van der Waals surface area contributed by atoms with Gasteiger partial charge in [-0.3, -0.25) is 4.79 Å². The molecule has 0 heterocycles. The van der Waals surface area contributed by atoms with Crippen molar-refractivity contribution in [3.05, 3.63) is 47.6 Å². The van der Waals surface area contributed by atoms with Crippen LogP contribution in [0.15, 0.2) is 47.6 Å². The van der Waals surface area contributed by atoms with Crippen molar-refractivity contribution in [2.24, 2.45) is 0 Å². The summed E-state index contributed by atoms with van der Waals surface area (Å²) >= 11 is 2.39. The van der Waals surface area contributed by atoms with E-state index in [4.69, 9.17) is 0 Å². The zero-order valence-electron chi connectivity index (χ0n) is 12.3. The number of carbonyl (C=O) groups excluding carboxylic acids is 1. The molecular formula is C17H25IO. The third-order valence-corrected chi connectivity index (χ3v) is 4.07. The molecule has 0 aromatic rings. The molecule has 0 radical (unpaired) electrons.